The van der Waals surface area contributed by atoms with E-state index in [1.807, 2.05) is 48.5 Å². The van der Waals surface area contributed by atoms with Crippen LogP contribution in [0, 0.1) is 0 Å². The summed E-state index contributed by atoms with van der Waals surface area (Å²) in [6.07, 6.45) is 0. The van der Waals surface area contributed by atoms with Gasteiger partial charge in [-0.15, -0.1) is 12.6 Å². The zero-order chi connectivity index (χ0) is 24.9. The molecular weight excluding hydrogens is 462 g/mol. The molecule has 6 nitrogen and oxygen atoms in total. The Bertz CT molecular complexity index is 1670. The van der Waals surface area contributed by atoms with Crippen LogP contribution in [-0.2, 0) is 7.05 Å². The van der Waals surface area contributed by atoms with Crippen LogP contribution in [0.1, 0.15) is 0 Å². The van der Waals surface area contributed by atoms with E-state index in [9.17, 15) is 4.79 Å². The molecule has 0 bridgehead atoms. The van der Waals surface area contributed by atoms with Gasteiger partial charge < -0.3 is 23.5 Å². The summed E-state index contributed by atoms with van der Waals surface area (Å²) in [7, 11) is 8.12. The molecule has 4 aromatic carbocycles. The third kappa shape index (κ3) is 3.38. The molecule has 0 radical (unpaired) electrons. The number of rotatable bonds is 5. The maximum atomic E-state index is 13.7. The Labute approximate surface area is 208 Å². The topological polar surface area (TPSA) is 58.9 Å². The zero-order valence-corrected chi connectivity index (χ0v) is 21.0. The van der Waals surface area contributed by atoms with Crippen LogP contribution in [0.5, 0.6) is 23.0 Å². The van der Waals surface area contributed by atoms with Gasteiger partial charge in [-0.1, -0.05) is 24.3 Å². The number of nitrogens with zero attached hydrogens (tertiary/aromatic N) is 1. The molecule has 5 aromatic rings. The molecule has 0 N–H and O–H groups in total. The molecule has 7 heteroatoms. The van der Waals surface area contributed by atoms with Crippen LogP contribution in [0.4, 0.5) is 0 Å². The largest absolute Gasteiger partial charge is 0.493 e. The van der Waals surface area contributed by atoms with Gasteiger partial charge in [-0.3, -0.25) is 4.79 Å². The standard InChI is InChI=1S/C28H25NO5S/c1-29-25-19(17-12-13-21(31-2)26(33-4)24(17)28(29)30)11-10-18-20(25)14-22(32-3)27(34-5)23(18)15-6-8-16(35)9-7-15/h6-14,35H,1-5H3. The van der Waals surface area contributed by atoms with Crippen LogP contribution in [0.3, 0.4) is 0 Å². The van der Waals surface area contributed by atoms with Crippen LogP contribution in [-0.4, -0.2) is 33.0 Å². The van der Waals surface area contributed by atoms with Crippen molar-refractivity contribution < 1.29 is 18.9 Å². The van der Waals surface area contributed by atoms with Crippen molar-refractivity contribution in [1.82, 2.24) is 4.57 Å². The van der Waals surface area contributed by atoms with E-state index >= 15 is 0 Å². The first-order valence-electron chi connectivity index (χ1n) is 11.0. The minimum Gasteiger partial charge on any atom is -0.493 e. The van der Waals surface area contributed by atoms with Crippen molar-refractivity contribution in [2.24, 2.45) is 7.05 Å². The van der Waals surface area contributed by atoms with E-state index in [2.05, 4.69) is 18.7 Å². The molecule has 0 amide bonds. The second-order valence-corrected chi connectivity index (χ2v) is 8.69. The summed E-state index contributed by atoms with van der Waals surface area (Å²) in [5, 5.41) is 4.00. The molecule has 1 heterocycles. The first-order valence-corrected chi connectivity index (χ1v) is 11.4. The summed E-state index contributed by atoms with van der Waals surface area (Å²) >= 11 is 4.43. The predicted octanol–water partition coefficient (Wildman–Crippen LogP) is 5.84. The average molecular weight is 488 g/mol. The summed E-state index contributed by atoms with van der Waals surface area (Å²) in [4.78, 5) is 14.5. The van der Waals surface area contributed by atoms with Crippen molar-refractivity contribution >= 4 is 45.1 Å². The predicted molar refractivity (Wildman–Crippen MR) is 143 cm³/mol. The number of thiol groups is 1. The Kier molecular flexibility index (Phi) is 5.73. The highest BCUT2D eigenvalue weighted by Gasteiger charge is 2.22. The van der Waals surface area contributed by atoms with Crippen molar-refractivity contribution in [3.8, 4) is 34.1 Å². The SMILES string of the molecule is COc1cc2c(ccc3c4ccc(OC)c(OC)c4c(=O)n(C)c23)c(-c2ccc(S)cc2)c1OC. The molecule has 0 aliphatic rings. The Balaban J connectivity index is 2.01. The van der Waals surface area contributed by atoms with Crippen molar-refractivity contribution in [3.63, 3.8) is 0 Å². The Morgan fingerprint density at radius 3 is 1.94 bits per heavy atom. The quantitative estimate of drug-likeness (QED) is 0.250. The first kappa shape index (κ1) is 22.9. The summed E-state index contributed by atoms with van der Waals surface area (Å²) in [5.74, 6) is 2.15. The normalized spacial score (nSPS) is 11.3. The van der Waals surface area contributed by atoms with Crippen LogP contribution in [0.15, 0.2) is 64.3 Å². The van der Waals surface area contributed by atoms with Crippen LogP contribution in [0.25, 0.3) is 43.6 Å². The highest BCUT2D eigenvalue weighted by atomic mass is 32.1. The van der Waals surface area contributed by atoms with Gasteiger partial charge in [0, 0.05) is 33.7 Å². The number of fused-ring (bicyclic) bond motifs is 5. The molecule has 0 atom stereocenters. The van der Waals surface area contributed by atoms with Gasteiger partial charge in [-0.25, -0.2) is 0 Å². The number of hydrogen-bond acceptors (Lipinski definition) is 6. The van der Waals surface area contributed by atoms with Gasteiger partial charge in [0.2, 0.25) is 0 Å². The zero-order valence-electron chi connectivity index (χ0n) is 20.1. The monoisotopic (exact) mass is 487 g/mol. The lowest BCUT2D eigenvalue weighted by Crippen LogP contribution is -2.18. The average Bonchev–Trinajstić information content (AvgIpc) is 2.89. The van der Waals surface area contributed by atoms with Gasteiger partial charge in [-0.2, -0.15) is 0 Å². The lowest BCUT2D eigenvalue weighted by atomic mass is 9.93. The molecule has 0 saturated carbocycles. The van der Waals surface area contributed by atoms with Gasteiger partial charge in [0.05, 0.1) is 39.3 Å². The number of pyridine rings is 1. The van der Waals surface area contributed by atoms with Crippen molar-refractivity contribution in [3.05, 3.63) is 65.0 Å². The number of aryl methyl sites for hydroxylation is 1. The highest BCUT2D eigenvalue weighted by molar-refractivity contribution is 7.80. The molecular formula is C28H25NO5S. The number of methoxy groups -OCH3 is 4. The maximum absolute atomic E-state index is 13.7. The maximum Gasteiger partial charge on any atom is 0.262 e. The van der Waals surface area contributed by atoms with E-state index in [1.165, 1.54) is 0 Å². The van der Waals surface area contributed by atoms with Crippen molar-refractivity contribution in [1.29, 1.82) is 0 Å². The number of benzene rings is 4. The van der Waals surface area contributed by atoms with Crippen molar-refractivity contribution in [2.45, 2.75) is 4.90 Å². The van der Waals surface area contributed by atoms with Gasteiger partial charge in [0.15, 0.2) is 23.0 Å². The molecule has 0 aliphatic carbocycles. The van der Waals surface area contributed by atoms with E-state index in [0.717, 1.165) is 43.1 Å². The molecule has 0 saturated heterocycles. The number of aromatic nitrogens is 1. The molecule has 178 valence electrons. The number of hydrogen-bond donors (Lipinski definition) is 1. The van der Waals surface area contributed by atoms with E-state index in [-0.39, 0.29) is 5.56 Å². The molecule has 0 unspecified atom stereocenters. The minimum absolute atomic E-state index is 0.175. The van der Waals surface area contributed by atoms with Crippen molar-refractivity contribution in [2.75, 3.05) is 28.4 Å². The summed E-state index contributed by atoms with van der Waals surface area (Å²) in [5.41, 5.74) is 2.46. The number of ether oxygens (including phenoxy) is 4. The van der Waals surface area contributed by atoms with Gasteiger partial charge in [0.1, 0.15) is 0 Å². The first-order chi connectivity index (χ1) is 16.9. The molecule has 0 fully saturated rings. The Hall–Kier alpha value is -3.84. The van der Waals surface area contributed by atoms with E-state index in [0.29, 0.717) is 28.4 Å². The second kappa shape index (κ2) is 8.74. The van der Waals surface area contributed by atoms with Crippen LogP contribution >= 0.6 is 12.6 Å². The fourth-order valence-electron chi connectivity index (χ4n) is 4.89. The summed E-state index contributed by atoms with van der Waals surface area (Å²) in [6.45, 7) is 0. The summed E-state index contributed by atoms with van der Waals surface area (Å²) in [6, 6.07) is 17.6. The molecule has 0 aliphatic heterocycles. The molecule has 35 heavy (non-hydrogen) atoms. The minimum atomic E-state index is -0.175. The molecule has 1 aromatic heterocycles. The van der Waals surface area contributed by atoms with Gasteiger partial charge in [-0.05, 0) is 41.3 Å². The summed E-state index contributed by atoms with van der Waals surface area (Å²) < 4.78 is 24.2. The molecule has 5 rings (SSSR count). The molecule has 0 spiro atoms. The third-order valence-electron chi connectivity index (χ3n) is 6.48. The highest BCUT2D eigenvalue weighted by Crippen LogP contribution is 2.46. The fraction of sp³-hybridized carbons (Fsp3) is 0.179. The van der Waals surface area contributed by atoms with E-state index in [4.69, 9.17) is 18.9 Å². The Morgan fingerprint density at radius 2 is 1.31 bits per heavy atom. The third-order valence-corrected chi connectivity index (χ3v) is 6.78. The van der Waals surface area contributed by atoms with E-state index in [1.54, 1.807) is 40.1 Å². The van der Waals surface area contributed by atoms with Gasteiger partial charge in [0.25, 0.3) is 5.56 Å². The van der Waals surface area contributed by atoms with E-state index < -0.39 is 0 Å². The lowest BCUT2D eigenvalue weighted by molar-refractivity contribution is 0.357. The van der Waals surface area contributed by atoms with Crippen LogP contribution in [0.2, 0.25) is 0 Å². The van der Waals surface area contributed by atoms with Crippen LogP contribution < -0.4 is 24.5 Å². The smallest absolute Gasteiger partial charge is 0.262 e. The second-order valence-electron chi connectivity index (χ2n) is 8.18. The Morgan fingerprint density at radius 1 is 0.686 bits per heavy atom. The fourth-order valence-corrected chi connectivity index (χ4v) is 5.04. The van der Waals surface area contributed by atoms with Gasteiger partial charge >= 0.3 is 0 Å². The lowest BCUT2D eigenvalue weighted by Gasteiger charge is -2.20.